The zero-order chi connectivity index (χ0) is 12.8. The van der Waals surface area contributed by atoms with E-state index in [1.807, 2.05) is 6.92 Å². The lowest BCUT2D eigenvalue weighted by atomic mass is 10.1. The molecule has 5 heteroatoms. The van der Waals surface area contributed by atoms with Crippen molar-refractivity contribution in [1.82, 2.24) is 5.32 Å². The molecule has 0 aliphatic rings. The molecule has 1 aromatic rings. The van der Waals surface area contributed by atoms with Gasteiger partial charge in [-0.15, -0.1) is 0 Å². The summed E-state index contributed by atoms with van der Waals surface area (Å²) in [5.41, 5.74) is 5.93. The van der Waals surface area contributed by atoms with Crippen molar-refractivity contribution < 1.29 is 14.3 Å². The molecule has 0 saturated heterocycles. The molecule has 0 spiro atoms. The number of hydrogen-bond acceptors (Lipinski definition) is 4. The molecule has 1 atom stereocenters. The van der Waals surface area contributed by atoms with E-state index in [0.29, 0.717) is 23.6 Å². The topological polar surface area (TPSA) is 73.6 Å². The third-order valence-electron chi connectivity index (χ3n) is 2.34. The first kappa shape index (κ1) is 13.3. The van der Waals surface area contributed by atoms with Gasteiger partial charge in [-0.25, -0.2) is 0 Å². The average Bonchev–Trinajstić information content (AvgIpc) is 2.37. The van der Waals surface area contributed by atoms with Gasteiger partial charge in [0.15, 0.2) is 0 Å². The summed E-state index contributed by atoms with van der Waals surface area (Å²) in [6, 6.07) is 4.95. The minimum atomic E-state index is -0.194. The van der Waals surface area contributed by atoms with Gasteiger partial charge in [-0.3, -0.25) is 4.79 Å². The largest absolute Gasteiger partial charge is 0.497 e. The first-order chi connectivity index (χ1) is 8.10. The van der Waals surface area contributed by atoms with Crippen molar-refractivity contribution in [3.8, 4) is 11.5 Å². The molecule has 0 unspecified atom stereocenters. The second-order valence-corrected chi connectivity index (χ2v) is 3.71. The summed E-state index contributed by atoms with van der Waals surface area (Å²) in [6.07, 6.45) is 0. The maximum absolute atomic E-state index is 11.9. The standard InChI is InChI=1S/C12H18N2O3/c1-8(7-13)14-12(15)9-4-10(16-2)6-11(5-9)17-3/h4-6,8H,7,13H2,1-3H3,(H,14,15)/t8-/m1/s1. The number of carbonyl (C=O) groups is 1. The lowest BCUT2D eigenvalue weighted by Gasteiger charge is -2.12. The summed E-state index contributed by atoms with van der Waals surface area (Å²) in [4.78, 5) is 11.9. The Hall–Kier alpha value is -1.75. The normalized spacial score (nSPS) is 11.8. The van der Waals surface area contributed by atoms with Gasteiger partial charge in [-0.1, -0.05) is 0 Å². The predicted octanol–water partition coefficient (Wildman–Crippen LogP) is 0.781. The molecule has 1 aromatic carbocycles. The quantitative estimate of drug-likeness (QED) is 0.795. The molecule has 0 aliphatic carbocycles. The third-order valence-corrected chi connectivity index (χ3v) is 2.34. The van der Waals surface area contributed by atoms with E-state index in [4.69, 9.17) is 15.2 Å². The van der Waals surface area contributed by atoms with Crippen LogP contribution in [0.5, 0.6) is 11.5 Å². The number of hydrogen-bond donors (Lipinski definition) is 2. The molecule has 0 bridgehead atoms. The molecule has 0 heterocycles. The van der Waals surface area contributed by atoms with Crippen molar-refractivity contribution in [2.45, 2.75) is 13.0 Å². The Morgan fingerprint density at radius 3 is 2.24 bits per heavy atom. The van der Waals surface area contributed by atoms with Gasteiger partial charge in [0, 0.05) is 24.2 Å². The molecular formula is C12H18N2O3. The number of carbonyl (C=O) groups excluding carboxylic acids is 1. The second-order valence-electron chi connectivity index (χ2n) is 3.71. The molecule has 0 radical (unpaired) electrons. The molecular weight excluding hydrogens is 220 g/mol. The van der Waals surface area contributed by atoms with Crippen LogP contribution < -0.4 is 20.5 Å². The van der Waals surface area contributed by atoms with Gasteiger partial charge in [0.05, 0.1) is 14.2 Å². The third kappa shape index (κ3) is 3.64. The Balaban J connectivity index is 2.92. The van der Waals surface area contributed by atoms with E-state index in [9.17, 15) is 4.79 Å². The molecule has 1 amide bonds. The Bertz CT molecular complexity index is 371. The van der Waals surface area contributed by atoms with Gasteiger partial charge in [-0.05, 0) is 19.1 Å². The number of benzene rings is 1. The molecule has 0 aliphatic heterocycles. The van der Waals surface area contributed by atoms with Crippen LogP contribution in [-0.2, 0) is 0 Å². The number of methoxy groups -OCH3 is 2. The van der Waals surface area contributed by atoms with Crippen molar-refractivity contribution in [2.75, 3.05) is 20.8 Å². The van der Waals surface area contributed by atoms with Crippen LogP contribution >= 0.6 is 0 Å². The second kappa shape index (κ2) is 6.10. The van der Waals surface area contributed by atoms with E-state index in [-0.39, 0.29) is 11.9 Å². The Labute approximate surface area is 101 Å². The van der Waals surface area contributed by atoms with Crippen molar-refractivity contribution in [3.05, 3.63) is 23.8 Å². The molecule has 17 heavy (non-hydrogen) atoms. The molecule has 0 fully saturated rings. The predicted molar refractivity (Wildman–Crippen MR) is 65.5 cm³/mol. The first-order valence-electron chi connectivity index (χ1n) is 5.34. The Morgan fingerprint density at radius 2 is 1.82 bits per heavy atom. The summed E-state index contributed by atoms with van der Waals surface area (Å²) in [5.74, 6) is 0.963. The smallest absolute Gasteiger partial charge is 0.251 e. The highest BCUT2D eigenvalue weighted by Crippen LogP contribution is 2.22. The van der Waals surface area contributed by atoms with Crippen molar-refractivity contribution >= 4 is 5.91 Å². The fourth-order valence-corrected chi connectivity index (χ4v) is 1.30. The molecule has 1 rings (SSSR count). The number of amides is 1. The van der Waals surface area contributed by atoms with E-state index in [1.165, 1.54) is 0 Å². The molecule has 0 saturated carbocycles. The van der Waals surface area contributed by atoms with Gasteiger partial charge < -0.3 is 20.5 Å². The van der Waals surface area contributed by atoms with Gasteiger partial charge in [0.2, 0.25) is 0 Å². The maximum Gasteiger partial charge on any atom is 0.251 e. The summed E-state index contributed by atoms with van der Waals surface area (Å²) < 4.78 is 10.2. The molecule has 3 N–H and O–H groups in total. The van der Waals surface area contributed by atoms with Gasteiger partial charge in [0.1, 0.15) is 11.5 Å². The maximum atomic E-state index is 11.9. The van der Waals surface area contributed by atoms with Crippen LogP contribution in [0.2, 0.25) is 0 Å². The van der Waals surface area contributed by atoms with E-state index in [0.717, 1.165) is 0 Å². The summed E-state index contributed by atoms with van der Waals surface area (Å²) in [6.45, 7) is 2.24. The van der Waals surface area contributed by atoms with E-state index < -0.39 is 0 Å². The van der Waals surface area contributed by atoms with Crippen LogP contribution in [0.4, 0.5) is 0 Å². The SMILES string of the molecule is COc1cc(OC)cc(C(=O)N[C@H](C)CN)c1. The molecule has 0 aromatic heterocycles. The lowest BCUT2D eigenvalue weighted by Crippen LogP contribution is -2.37. The monoisotopic (exact) mass is 238 g/mol. The van der Waals surface area contributed by atoms with E-state index in [1.54, 1.807) is 32.4 Å². The van der Waals surface area contributed by atoms with Gasteiger partial charge in [0.25, 0.3) is 5.91 Å². The first-order valence-corrected chi connectivity index (χ1v) is 5.34. The van der Waals surface area contributed by atoms with Crippen LogP contribution in [-0.4, -0.2) is 32.7 Å². The highest BCUT2D eigenvalue weighted by Gasteiger charge is 2.11. The fraction of sp³-hybridized carbons (Fsp3) is 0.417. The highest BCUT2D eigenvalue weighted by atomic mass is 16.5. The van der Waals surface area contributed by atoms with Gasteiger partial charge >= 0.3 is 0 Å². The minimum Gasteiger partial charge on any atom is -0.497 e. The summed E-state index contributed by atoms with van der Waals surface area (Å²) in [5, 5.41) is 2.77. The Morgan fingerprint density at radius 1 is 1.29 bits per heavy atom. The number of nitrogens with one attached hydrogen (secondary N) is 1. The number of ether oxygens (including phenoxy) is 2. The van der Waals surface area contributed by atoms with Crippen molar-refractivity contribution in [2.24, 2.45) is 5.73 Å². The number of rotatable bonds is 5. The zero-order valence-electron chi connectivity index (χ0n) is 10.3. The molecule has 5 nitrogen and oxygen atoms in total. The Kier molecular flexibility index (Phi) is 4.78. The van der Waals surface area contributed by atoms with Crippen LogP contribution in [0.25, 0.3) is 0 Å². The van der Waals surface area contributed by atoms with Crippen LogP contribution in [0.3, 0.4) is 0 Å². The van der Waals surface area contributed by atoms with Crippen LogP contribution in [0, 0.1) is 0 Å². The van der Waals surface area contributed by atoms with Crippen LogP contribution in [0.15, 0.2) is 18.2 Å². The minimum absolute atomic E-state index is 0.0697. The lowest BCUT2D eigenvalue weighted by molar-refractivity contribution is 0.0940. The van der Waals surface area contributed by atoms with E-state index >= 15 is 0 Å². The highest BCUT2D eigenvalue weighted by molar-refractivity contribution is 5.95. The fourth-order valence-electron chi connectivity index (χ4n) is 1.30. The average molecular weight is 238 g/mol. The van der Waals surface area contributed by atoms with Crippen molar-refractivity contribution in [3.63, 3.8) is 0 Å². The van der Waals surface area contributed by atoms with E-state index in [2.05, 4.69) is 5.32 Å². The van der Waals surface area contributed by atoms with Crippen molar-refractivity contribution in [1.29, 1.82) is 0 Å². The summed E-state index contributed by atoms with van der Waals surface area (Å²) in [7, 11) is 3.08. The van der Waals surface area contributed by atoms with Gasteiger partial charge in [-0.2, -0.15) is 0 Å². The van der Waals surface area contributed by atoms with Crippen LogP contribution in [0.1, 0.15) is 17.3 Å². The molecule has 94 valence electrons. The summed E-state index contributed by atoms with van der Waals surface area (Å²) >= 11 is 0. The number of nitrogens with two attached hydrogens (primary N) is 1. The zero-order valence-corrected chi connectivity index (χ0v) is 10.3.